The van der Waals surface area contributed by atoms with Crippen molar-refractivity contribution in [1.82, 2.24) is 19.7 Å². The minimum absolute atomic E-state index is 0.200. The Morgan fingerprint density at radius 1 is 1.39 bits per heavy atom. The number of morpholine rings is 1. The van der Waals surface area contributed by atoms with Crippen molar-refractivity contribution in [3.8, 4) is 0 Å². The lowest BCUT2D eigenvalue weighted by atomic mass is 10.0. The molecule has 0 radical (unpaired) electrons. The first-order valence-corrected chi connectivity index (χ1v) is 9.73. The third-order valence-corrected chi connectivity index (χ3v) is 4.94. The van der Waals surface area contributed by atoms with Crippen LogP contribution < -0.4 is 10.2 Å². The second kappa shape index (κ2) is 8.12. The van der Waals surface area contributed by atoms with Crippen LogP contribution in [0.1, 0.15) is 35.9 Å². The van der Waals surface area contributed by atoms with E-state index in [1.54, 1.807) is 12.3 Å². The molecule has 28 heavy (non-hydrogen) atoms. The van der Waals surface area contributed by atoms with E-state index < -0.39 is 6.10 Å². The van der Waals surface area contributed by atoms with Gasteiger partial charge in [0.25, 0.3) is 5.91 Å². The molecule has 0 spiro atoms. The quantitative estimate of drug-likeness (QED) is 0.811. The zero-order valence-corrected chi connectivity index (χ0v) is 16.0. The van der Waals surface area contributed by atoms with Crippen molar-refractivity contribution < 1.29 is 14.6 Å². The van der Waals surface area contributed by atoms with Gasteiger partial charge in [0.05, 0.1) is 25.0 Å². The number of nitrogens with zero attached hydrogens (tertiary/aromatic N) is 4. The fourth-order valence-electron chi connectivity index (χ4n) is 3.50. The maximum atomic E-state index is 12.8. The van der Waals surface area contributed by atoms with Crippen LogP contribution in [0.5, 0.6) is 0 Å². The average molecular weight is 383 g/mol. The van der Waals surface area contributed by atoms with Crippen molar-refractivity contribution in [2.24, 2.45) is 0 Å². The molecule has 2 aromatic rings. The Kier molecular flexibility index (Phi) is 5.40. The summed E-state index contributed by atoms with van der Waals surface area (Å²) in [5.74, 6) is 0.552. The fourth-order valence-corrected chi connectivity index (χ4v) is 3.50. The number of aliphatic hydroxyl groups excluding tert-OH is 1. The number of amides is 1. The fraction of sp³-hybridized carbons (Fsp3) is 0.450. The number of hydrogen-bond donors (Lipinski definition) is 2. The van der Waals surface area contributed by atoms with Gasteiger partial charge < -0.3 is 20.1 Å². The number of aromatic nitrogens is 3. The Balaban J connectivity index is 1.84. The van der Waals surface area contributed by atoms with E-state index >= 15 is 0 Å². The molecule has 3 heterocycles. The molecule has 1 fully saturated rings. The van der Waals surface area contributed by atoms with Crippen LogP contribution in [0.25, 0.3) is 11.2 Å². The van der Waals surface area contributed by atoms with E-state index in [-0.39, 0.29) is 5.91 Å². The summed E-state index contributed by atoms with van der Waals surface area (Å²) in [6.07, 6.45) is 9.97. The van der Waals surface area contributed by atoms with Crippen molar-refractivity contribution in [1.29, 1.82) is 0 Å². The van der Waals surface area contributed by atoms with Crippen LogP contribution in [-0.4, -0.2) is 64.3 Å². The number of anilines is 1. The third-order valence-electron chi connectivity index (χ3n) is 4.94. The maximum absolute atomic E-state index is 12.8. The Labute approximate surface area is 163 Å². The predicted octanol–water partition coefficient (Wildman–Crippen LogP) is 1.41. The van der Waals surface area contributed by atoms with E-state index in [2.05, 4.69) is 15.2 Å². The largest absolute Gasteiger partial charge is 0.389 e. The zero-order valence-electron chi connectivity index (χ0n) is 16.0. The van der Waals surface area contributed by atoms with Gasteiger partial charge in [0.2, 0.25) is 0 Å². The third kappa shape index (κ3) is 3.53. The molecule has 1 aliphatic heterocycles. The lowest BCUT2D eigenvalue weighted by molar-refractivity contribution is 0.0949. The Morgan fingerprint density at radius 3 is 2.93 bits per heavy atom. The first-order chi connectivity index (χ1) is 13.7. The van der Waals surface area contributed by atoms with E-state index in [4.69, 9.17) is 9.72 Å². The summed E-state index contributed by atoms with van der Waals surface area (Å²) in [7, 11) is 0. The van der Waals surface area contributed by atoms with Gasteiger partial charge in [0, 0.05) is 32.0 Å². The first kappa shape index (κ1) is 18.6. The van der Waals surface area contributed by atoms with E-state index in [9.17, 15) is 9.90 Å². The Hall–Kier alpha value is -2.71. The monoisotopic (exact) mass is 383 g/mol. The SMILES string of the molecule is CCCNC(=O)c1nc2c(N3CCOCC3)nccn2c1C1=CCC(O)C=C1. The number of aliphatic hydroxyl groups is 1. The molecule has 2 N–H and O–H groups in total. The van der Waals surface area contributed by atoms with Gasteiger partial charge in [-0.2, -0.15) is 0 Å². The topological polar surface area (TPSA) is 92.0 Å². The molecule has 1 unspecified atom stereocenters. The molecule has 0 saturated carbocycles. The molecule has 4 rings (SSSR count). The summed E-state index contributed by atoms with van der Waals surface area (Å²) in [5.41, 5.74) is 2.63. The number of ether oxygens (including phenoxy) is 1. The number of rotatable bonds is 5. The molecule has 1 aliphatic carbocycles. The minimum Gasteiger partial charge on any atom is -0.389 e. The molecule has 0 bridgehead atoms. The summed E-state index contributed by atoms with van der Waals surface area (Å²) < 4.78 is 7.37. The van der Waals surface area contributed by atoms with Crippen molar-refractivity contribution in [3.63, 3.8) is 0 Å². The summed E-state index contributed by atoms with van der Waals surface area (Å²) in [5, 5.41) is 12.7. The van der Waals surface area contributed by atoms with Crippen LogP contribution in [0.3, 0.4) is 0 Å². The van der Waals surface area contributed by atoms with Crippen LogP contribution in [-0.2, 0) is 4.74 Å². The Bertz CT molecular complexity index is 927. The highest BCUT2D eigenvalue weighted by molar-refractivity contribution is 5.99. The van der Waals surface area contributed by atoms with Crippen molar-refractivity contribution in [3.05, 3.63) is 42.0 Å². The molecule has 1 saturated heterocycles. The molecule has 8 heteroatoms. The van der Waals surface area contributed by atoms with E-state index in [0.717, 1.165) is 36.6 Å². The minimum atomic E-state index is -0.495. The number of nitrogens with one attached hydrogen (secondary N) is 1. The predicted molar refractivity (Wildman–Crippen MR) is 106 cm³/mol. The van der Waals surface area contributed by atoms with Gasteiger partial charge in [-0.1, -0.05) is 25.2 Å². The molecule has 8 nitrogen and oxygen atoms in total. The highest BCUT2D eigenvalue weighted by Gasteiger charge is 2.25. The van der Waals surface area contributed by atoms with Gasteiger partial charge in [-0.3, -0.25) is 9.20 Å². The highest BCUT2D eigenvalue weighted by Crippen LogP contribution is 2.29. The van der Waals surface area contributed by atoms with Gasteiger partial charge in [-0.25, -0.2) is 9.97 Å². The second-order valence-corrected chi connectivity index (χ2v) is 6.93. The first-order valence-electron chi connectivity index (χ1n) is 9.73. The van der Waals surface area contributed by atoms with Crippen LogP contribution in [0.15, 0.2) is 30.6 Å². The molecule has 1 atom stereocenters. The number of fused-ring (bicyclic) bond motifs is 1. The number of allylic oxidation sites excluding steroid dienone is 2. The zero-order chi connectivity index (χ0) is 19.5. The molecular weight excluding hydrogens is 358 g/mol. The van der Waals surface area contributed by atoms with Crippen molar-refractivity contribution in [2.75, 3.05) is 37.7 Å². The van der Waals surface area contributed by atoms with Gasteiger partial charge in [0.15, 0.2) is 17.2 Å². The van der Waals surface area contributed by atoms with Crippen molar-refractivity contribution >= 4 is 22.9 Å². The number of carbonyl (C=O) groups excluding carboxylic acids is 1. The molecule has 0 aromatic carbocycles. The van der Waals surface area contributed by atoms with Gasteiger partial charge >= 0.3 is 0 Å². The van der Waals surface area contributed by atoms with E-state index in [1.165, 1.54) is 0 Å². The van der Waals surface area contributed by atoms with Crippen LogP contribution >= 0.6 is 0 Å². The van der Waals surface area contributed by atoms with Crippen LogP contribution in [0.4, 0.5) is 5.82 Å². The molecule has 2 aromatic heterocycles. The van der Waals surface area contributed by atoms with E-state index in [1.807, 2.05) is 29.7 Å². The molecular formula is C20H25N5O3. The lowest BCUT2D eigenvalue weighted by Gasteiger charge is -2.27. The number of imidazole rings is 1. The smallest absolute Gasteiger partial charge is 0.272 e. The molecule has 148 valence electrons. The lowest BCUT2D eigenvalue weighted by Crippen LogP contribution is -2.37. The van der Waals surface area contributed by atoms with Gasteiger partial charge in [-0.15, -0.1) is 0 Å². The summed E-state index contributed by atoms with van der Waals surface area (Å²) in [6.45, 7) is 5.37. The summed E-state index contributed by atoms with van der Waals surface area (Å²) >= 11 is 0. The van der Waals surface area contributed by atoms with Crippen molar-refractivity contribution in [2.45, 2.75) is 25.9 Å². The Morgan fingerprint density at radius 2 is 2.21 bits per heavy atom. The standard InChI is InChI=1S/C20H25N5O3/c1-2-7-22-20(27)16-17(14-3-5-15(26)6-4-14)25-9-8-21-18(19(25)23-16)24-10-12-28-13-11-24/h3-5,8-9,15,26H,2,6-7,10-13H2,1H3,(H,22,27). The van der Waals surface area contributed by atoms with E-state index in [0.29, 0.717) is 37.5 Å². The van der Waals surface area contributed by atoms with Gasteiger partial charge in [0.1, 0.15) is 0 Å². The normalized spacial score (nSPS) is 19.7. The van der Waals surface area contributed by atoms with Crippen LogP contribution in [0, 0.1) is 0 Å². The maximum Gasteiger partial charge on any atom is 0.272 e. The average Bonchev–Trinajstić information content (AvgIpc) is 3.13. The van der Waals surface area contributed by atoms with Crippen LogP contribution in [0.2, 0.25) is 0 Å². The number of carbonyl (C=O) groups is 1. The molecule has 2 aliphatic rings. The highest BCUT2D eigenvalue weighted by atomic mass is 16.5. The van der Waals surface area contributed by atoms with Gasteiger partial charge in [-0.05, 0) is 18.4 Å². The summed E-state index contributed by atoms with van der Waals surface area (Å²) in [6, 6.07) is 0. The number of hydrogen-bond acceptors (Lipinski definition) is 6. The summed E-state index contributed by atoms with van der Waals surface area (Å²) in [4.78, 5) is 24.2. The molecule has 1 amide bonds. The second-order valence-electron chi connectivity index (χ2n) is 6.93.